The molecule has 0 unspecified atom stereocenters. The number of aliphatic hydroxyl groups is 1. The predicted molar refractivity (Wildman–Crippen MR) is 73.2 cm³/mol. The number of carbonyl (C=O) groups excluding carboxylic acids is 1. The molecule has 0 atom stereocenters. The van der Waals surface area contributed by atoms with Crippen LogP contribution < -0.4 is 4.18 Å². The Balaban J connectivity index is 3.17. The van der Waals surface area contributed by atoms with E-state index in [1.165, 1.54) is 19.1 Å². The van der Waals surface area contributed by atoms with E-state index < -0.39 is 22.2 Å². The van der Waals surface area contributed by atoms with Gasteiger partial charge in [0.1, 0.15) is 12.3 Å². The normalized spacial score (nSPS) is 11.3. The number of sulfone groups is 1. The highest BCUT2D eigenvalue weighted by molar-refractivity contribution is 7.91. The van der Waals surface area contributed by atoms with Crippen LogP contribution in [-0.2, 0) is 14.0 Å². The summed E-state index contributed by atoms with van der Waals surface area (Å²) in [6.07, 6.45) is 0. The number of aliphatic hydroxyl groups excluding tert-OH is 1. The molecule has 20 heavy (non-hydrogen) atoms. The van der Waals surface area contributed by atoms with Crippen LogP contribution in [0.4, 0.5) is 0 Å². The van der Waals surface area contributed by atoms with Gasteiger partial charge >= 0.3 is 0 Å². The summed E-state index contributed by atoms with van der Waals surface area (Å²) in [4.78, 5) is 15.2. The Morgan fingerprint density at radius 1 is 1.40 bits per heavy atom. The number of nitrogens with zero attached hydrogens (tertiary/aromatic N) is 1. The Labute approximate surface area is 121 Å². The molecule has 1 rings (SSSR count). The average Bonchev–Trinajstić information content (AvgIpc) is 2.46. The Morgan fingerprint density at radius 2 is 2.10 bits per heavy atom. The van der Waals surface area contributed by atoms with E-state index in [2.05, 4.69) is 4.98 Å². The fourth-order valence-corrected chi connectivity index (χ4v) is 2.61. The van der Waals surface area contributed by atoms with Crippen molar-refractivity contribution in [1.29, 1.82) is 0 Å². The fourth-order valence-electron chi connectivity index (χ4n) is 1.26. The minimum absolute atomic E-state index is 0.0234. The number of carbonyl (C=O) groups is 1. The second kappa shape index (κ2) is 7.58. The zero-order chi connectivity index (χ0) is 15.2. The molecule has 0 fully saturated rings. The number of rotatable bonds is 8. The third-order valence-corrected chi connectivity index (χ3v) is 4.57. The van der Waals surface area contributed by atoms with Crippen LogP contribution in [0.1, 0.15) is 24.3 Å². The largest absolute Gasteiger partial charge is 0.388 e. The quantitative estimate of drug-likeness (QED) is 0.430. The topological polar surface area (TPSA) is 103 Å². The molecule has 1 aromatic heterocycles. The fraction of sp³-hybridized carbons (Fsp3) is 0.455. The molecule has 1 N–H and O–H groups in total. The summed E-state index contributed by atoms with van der Waals surface area (Å²) < 4.78 is 33.7. The maximum absolute atomic E-state index is 11.9. The molecule has 7 nitrogen and oxygen atoms in total. The lowest BCUT2D eigenvalue weighted by atomic mass is 10.2. The van der Waals surface area contributed by atoms with Gasteiger partial charge in [-0.2, -0.15) is 0 Å². The van der Waals surface area contributed by atoms with Crippen molar-refractivity contribution in [3.63, 3.8) is 0 Å². The molecule has 0 spiro atoms. The summed E-state index contributed by atoms with van der Waals surface area (Å²) in [7, 11) is -3.61. The number of pyridine rings is 1. The van der Waals surface area contributed by atoms with Crippen molar-refractivity contribution in [3.05, 3.63) is 17.8 Å². The summed E-state index contributed by atoms with van der Waals surface area (Å²) >= 11 is 0.668. The smallest absolute Gasteiger partial charge is 0.231 e. The molecule has 9 heteroatoms. The predicted octanol–water partition coefficient (Wildman–Crippen LogP) is 1.03. The molecule has 0 amide bonds. The van der Waals surface area contributed by atoms with Gasteiger partial charge in [0, 0.05) is 6.07 Å². The molecule has 0 bridgehead atoms. The lowest BCUT2D eigenvalue weighted by molar-refractivity contribution is 0.0894. The first-order chi connectivity index (χ1) is 9.46. The zero-order valence-electron chi connectivity index (χ0n) is 11.0. The van der Waals surface area contributed by atoms with Gasteiger partial charge < -0.3 is 9.29 Å². The van der Waals surface area contributed by atoms with Gasteiger partial charge in [0.25, 0.3) is 0 Å². The maximum atomic E-state index is 11.9. The first-order valence-corrected chi connectivity index (χ1v) is 8.12. The minimum atomic E-state index is -3.61. The maximum Gasteiger partial charge on any atom is 0.231 e. The molecule has 0 radical (unpaired) electrons. The van der Waals surface area contributed by atoms with Crippen molar-refractivity contribution in [2.24, 2.45) is 0 Å². The van der Waals surface area contributed by atoms with E-state index in [-0.39, 0.29) is 22.2 Å². The summed E-state index contributed by atoms with van der Waals surface area (Å²) in [5, 5.41) is 8.90. The molecule has 1 aromatic rings. The summed E-state index contributed by atoms with van der Waals surface area (Å²) in [5.41, 5.74) is -0.330. The number of hydrogen-bond acceptors (Lipinski definition) is 8. The van der Waals surface area contributed by atoms with Gasteiger partial charge in [-0.15, -0.1) is 0 Å². The molecular formula is C11H15NO6S2. The first kappa shape index (κ1) is 16.9. The lowest BCUT2D eigenvalue weighted by Gasteiger charge is -2.08. The highest BCUT2D eigenvalue weighted by atomic mass is 32.2. The molecule has 0 aliphatic heterocycles. The van der Waals surface area contributed by atoms with E-state index in [0.29, 0.717) is 18.9 Å². The summed E-state index contributed by atoms with van der Waals surface area (Å²) in [5.74, 6) is -0.937. The highest BCUT2D eigenvalue weighted by Gasteiger charge is 2.23. The molecule has 0 aromatic carbocycles. The van der Waals surface area contributed by atoms with E-state index in [1.807, 2.05) is 0 Å². The molecule has 0 aliphatic carbocycles. The second-order valence-electron chi connectivity index (χ2n) is 3.54. The Kier molecular flexibility index (Phi) is 6.40. The SMILES string of the molecule is CCOSOc1ccc(S(=O)(=O)CC)c(C(=O)CO)n1. The van der Waals surface area contributed by atoms with Crippen molar-refractivity contribution in [1.82, 2.24) is 4.98 Å². The summed E-state index contributed by atoms with van der Waals surface area (Å²) in [6.45, 7) is 2.80. The van der Waals surface area contributed by atoms with Gasteiger partial charge in [0.2, 0.25) is 24.0 Å². The van der Waals surface area contributed by atoms with E-state index in [0.717, 1.165) is 0 Å². The van der Waals surface area contributed by atoms with Crippen LogP contribution in [0.5, 0.6) is 5.88 Å². The van der Waals surface area contributed by atoms with E-state index >= 15 is 0 Å². The van der Waals surface area contributed by atoms with Crippen LogP contribution in [0, 0.1) is 0 Å². The lowest BCUT2D eigenvalue weighted by Crippen LogP contribution is -2.15. The van der Waals surface area contributed by atoms with Crippen molar-refractivity contribution in [2.45, 2.75) is 18.7 Å². The van der Waals surface area contributed by atoms with Gasteiger partial charge in [0.15, 0.2) is 9.84 Å². The van der Waals surface area contributed by atoms with Crippen molar-refractivity contribution in [3.8, 4) is 5.88 Å². The second-order valence-corrected chi connectivity index (χ2v) is 6.32. The highest BCUT2D eigenvalue weighted by Crippen LogP contribution is 2.22. The van der Waals surface area contributed by atoms with Gasteiger partial charge in [-0.25, -0.2) is 13.4 Å². The van der Waals surface area contributed by atoms with Crippen LogP contribution in [-0.4, -0.2) is 43.3 Å². The third-order valence-electron chi connectivity index (χ3n) is 2.24. The van der Waals surface area contributed by atoms with Crippen LogP contribution in [0.25, 0.3) is 0 Å². The van der Waals surface area contributed by atoms with Crippen LogP contribution in [0.2, 0.25) is 0 Å². The molecule has 1 heterocycles. The Bertz CT molecular complexity index is 572. The Morgan fingerprint density at radius 3 is 2.65 bits per heavy atom. The van der Waals surface area contributed by atoms with Crippen LogP contribution in [0.3, 0.4) is 0 Å². The third kappa shape index (κ3) is 4.17. The van der Waals surface area contributed by atoms with E-state index in [4.69, 9.17) is 13.5 Å². The van der Waals surface area contributed by atoms with Gasteiger partial charge in [0.05, 0.1) is 17.3 Å². The number of ketones is 1. The van der Waals surface area contributed by atoms with Crippen LogP contribution in [0.15, 0.2) is 17.0 Å². The zero-order valence-corrected chi connectivity index (χ0v) is 12.7. The number of aromatic nitrogens is 1. The van der Waals surface area contributed by atoms with Gasteiger partial charge in [-0.1, -0.05) is 6.92 Å². The van der Waals surface area contributed by atoms with Gasteiger partial charge in [-0.05, 0) is 13.0 Å². The molecule has 0 saturated heterocycles. The number of hydrogen-bond donors (Lipinski definition) is 1. The molecule has 0 saturated carbocycles. The monoisotopic (exact) mass is 321 g/mol. The van der Waals surface area contributed by atoms with E-state index in [9.17, 15) is 13.2 Å². The number of Topliss-reactive ketones (excluding diaryl/α,β-unsaturated/α-hetero) is 1. The first-order valence-electron chi connectivity index (χ1n) is 5.80. The van der Waals surface area contributed by atoms with E-state index in [1.54, 1.807) is 6.92 Å². The minimum Gasteiger partial charge on any atom is -0.388 e. The van der Waals surface area contributed by atoms with Crippen molar-refractivity contribution in [2.75, 3.05) is 19.0 Å². The Hall–Kier alpha value is -1.16. The molecule has 112 valence electrons. The van der Waals surface area contributed by atoms with Crippen molar-refractivity contribution >= 4 is 27.9 Å². The van der Waals surface area contributed by atoms with Crippen LogP contribution >= 0.6 is 12.3 Å². The molecular weight excluding hydrogens is 306 g/mol. The summed E-state index contributed by atoms with van der Waals surface area (Å²) in [6, 6.07) is 2.55. The van der Waals surface area contributed by atoms with Gasteiger partial charge in [-0.3, -0.25) is 8.98 Å². The molecule has 0 aliphatic rings. The average molecular weight is 321 g/mol. The standard InChI is InChI=1S/C11H15NO6S2/c1-3-17-19-18-10-6-5-9(20(15,16)4-2)11(12-10)8(14)7-13/h5-6,13H,3-4,7H2,1-2H3. The van der Waals surface area contributed by atoms with Crippen molar-refractivity contribution < 1.29 is 26.7 Å².